The van der Waals surface area contributed by atoms with Gasteiger partial charge in [0.1, 0.15) is 5.82 Å². The molecule has 3 nitrogen and oxygen atoms in total. The van der Waals surface area contributed by atoms with Gasteiger partial charge in [-0.3, -0.25) is 9.58 Å². The van der Waals surface area contributed by atoms with Crippen molar-refractivity contribution in [2.24, 2.45) is 0 Å². The lowest BCUT2D eigenvalue weighted by molar-refractivity contribution is 0.287. The summed E-state index contributed by atoms with van der Waals surface area (Å²) in [5.41, 5.74) is 2.32. The summed E-state index contributed by atoms with van der Waals surface area (Å²) in [6.45, 7) is 4.00. The molecular weight excluding hydrogens is 285 g/mol. The summed E-state index contributed by atoms with van der Waals surface area (Å²) in [6, 6.07) is 6.61. The Morgan fingerprint density at radius 3 is 2.76 bits per heavy atom. The molecular formula is C16H20FN3S. The van der Waals surface area contributed by atoms with Gasteiger partial charge in [-0.05, 0) is 36.4 Å². The Kier molecular flexibility index (Phi) is 4.93. The third-order valence-corrected chi connectivity index (χ3v) is 4.71. The zero-order valence-electron chi connectivity index (χ0n) is 12.0. The summed E-state index contributed by atoms with van der Waals surface area (Å²) >= 11 is 2.05. The predicted molar refractivity (Wildman–Crippen MR) is 84.9 cm³/mol. The van der Waals surface area contributed by atoms with Crippen molar-refractivity contribution >= 4 is 11.8 Å². The van der Waals surface area contributed by atoms with Crippen molar-refractivity contribution < 1.29 is 4.39 Å². The van der Waals surface area contributed by atoms with Crippen LogP contribution in [0.5, 0.6) is 0 Å². The van der Waals surface area contributed by atoms with E-state index in [2.05, 4.69) is 16.2 Å². The van der Waals surface area contributed by atoms with E-state index in [1.165, 1.54) is 42.2 Å². The Labute approximate surface area is 129 Å². The molecule has 0 bridgehead atoms. The second-order valence-electron chi connectivity index (χ2n) is 5.41. The Balaban J connectivity index is 1.59. The number of halogens is 1. The summed E-state index contributed by atoms with van der Waals surface area (Å²) in [4.78, 5) is 2.50. The van der Waals surface area contributed by atoms with Crippen molar-refractivity contribution in [1.29, 1.82) is 0 Å². The molecule has 21 heavy (non-hydrogen) atoms. The Morgan fingerprint density at radius 1 is 1.05 bits per heavy atom. The van der Waals surface area contributed by atoms with Crippen molar-refractivity contribution in [3.63, 3.8) is 0 Å². The SMILES string of the molecule is Fc1ccc(Cn2cc(CN3CCCSCC3)cn2)cc1. The van der Waals surface area contributed by atoms with Gasteiger partial charge < -0.3 is 0 Å². The molecule has 0 saturated carbocycles. The normalized spacial score (nSPS) is 16.8. The molecule has 5 heteroatoms. The summed E-state index contributed by atoms with van der Waals surface area (Å²) in [7, 11) is 0. The average molecular weight is 305 g/mol. The number of benzene rings is 1. The first-order valence-electron chi connectivity index (χ1n) is 7.35. The molecule has 1 aliphatic heterocycles. The molecule has 0 amide bonds. The molecule has 0 atom stereocenters. The minimum atomic E-state index is -0.195. The van der Waals surface area contributed by atoms with E-state index in [0.717, 1.165) is 18.7 Å². The van der Waals surface area contributed by atoms with E-state index in [1.54, 1.807) is 0 Å². The number of nitrogens with zero attached hydrogens (tertiary/aromatic N) is 3. The zero-order valence-corrected chi connectivity index (χ0v) is 12.9. The van der Waals surface area contributed by atoms with Gasteiger partial charge in [0.2, 0.25) is 0 Å². The van der Waals surface area contributed by atoms with E-state index in [9.17, 15) is 4.39 Å². The van der Waals surface area contributed by atoms with E-state index in [1.807, 2.05) is 34.8 Å². The molecule has 112 valence electrons. The summed E-state index contributed by atoms with van der Waals surface area (Å²) in [5, 5.41) is 4.41. The highest BCUT2D eigenvalue weighted by atomic mass is 32.2. The van der Waals surface area contributed by atoms with Crippen molar-refractivity contribution in [3.8, 4) is 0 Å². The number of thioether (sulfide) groups is 1. The molecule has 2 aromatic rings. The first-order valence-corrected chi connectivity index (χ1v) is 8.51. The standard InChI is InChI=1S/C16H20FN3S/c17-16-4-2-14(3-5-16)12-20-13-15(10-18-20)11-19-6-1-8-21-9-7-19/h2-5,10,13H,1,6-9,11-12H2. The van der Waals surface area contributed by atoms with Crippen molar-refractivity contribution in [1.82, 2.24) is 14.7 Å². The summed E-state index contributed by atoms with van der Waals surface area (Å²) in [6.07, 6.45) is 5.32. The third-order valence-electron chi connectivity index (χ3n) is 3.67. The van der Waals surface area contributed by atoms with Crippen LogP contribution in [0.4, 0.5) is 4.39 Å². The first-order chi connectivity index (χ1) is 10.3. The fourth-order valence-electron chi connectivity index (χ4n) is 2.57. The predicted octanol–water partition coefficient (Wildman–Crippen LogP) is 3.01. The van der Waals surface area contributed by atoms with Crippen LogP contribution in [-0.2, 0) is 13.1 Å². The maximum absolute atomic E-state index is 12.9. The minimum absolute atomic E-state index is 0.195. The molecule has 0 N–H and O–H groups in total. The van der Waals surface area contributed by atoms with E-state index < -0.39 is 0 Å². The van der Waals surface area contributed by atoms with Crippen LogP contribution in [0.3, 0.4) is 0 Å². The Morgan fingerprint density at radius 2 is 1.90 bits per heavy atom. The van der Waals surface area contributed by atoms with Gasteiger partial charge >= 0.3 is 0 Å². The zero-order chi connectivity index (χ0) is 14.5. The summed E-state index contributed by atoms with van der Waals surface area (Å²) in [5.74, 6) is 2.31. The molecule has 1 fully saturated rings. The van der Waals surface area contributed by atoms with Crippen molar-refractivity contribution in [3.05, 3.63) is 53.6 Å². The number of hydrogen-bond donors (Lipinski definition) is 0. The maximum atomic E-state index is 12.9. The fraction of sp³-hybridized carbons (Fsp3) is 0.438. The lowest BCUT2D eigenvalue weighted by Crippen LogP contribution is -2.25. The van der Waals surface area contributed by atoms with Gasteiger partial charge in [0.25, 0.3) is 0 Å². The molecule has 1 aromatic heterocycles. The van der Waals surface area contributed by atoms with Crippen LogP contribution in [0.25, 0.3) is 0 Å². The van der Waals surface area contributed by atoms with Crippen LogP contribution in [-0.4, -0.2) is 39.3 Å². The smallest absolute Gasteiger partial charge is 0.123 e. The second kappa shape index (κ2) is 7.09. The van der Waals surface area contributed by atoms with Gasteiger partial charge in [-0.2, -0.15) is 16.9 Å². The van der Waals surface area contributed by atoms with Gasteiger partial charge in [-0.25, -0.2) is 4.39 Å². The highest BCUT2D eigenvalue weighted by Crippen LogP contribution is 2.13. The van der Waals surface area contributed by atoms with Crippen LogP contribution >= 0.6 is 11.8 Å². The van der Waals surface area contributed by atoms with Gasteiger partial charge in [0.15, 0.2) is 0 Å². The van der Waals surface area contributed by atoms with Gasteiger partial charge in [0.05, 0.1) is 12.7 Å². The second-order valence-corrected chi connectivity index (χ2v) is 6.64. The molecule has 1 aromatic carbocycles. The number of aromatic nitrogens is 2. The van der Waals surface area contributed by atoms with E-state index >= 15 is 0 Å². The van der Waals surface area contributed by atoms with Crippen LogP contribution in [0.1, 0.15) is 17.5 Å². The monoisotopic (exact) mass is 305 g/mol. The molecule has 2 heterocycles. The number of rotatable bonds is 4. The van der Waals surface area contributed by atoms with Gasteiger partial charge in [0, 0.05) is 30.6 Å². The van der Waals surface area contributed by atoms with E-state index in [4.69, 9.17) is 0 Å². The topological polar surface area (TPSA) is 21.1 Å². The molecule has 0 unspecified atom stereocenters. The lowest BCUT2D eigenvalue weighted by Gasteiger charge is -2.17. The van der Waals surface area contributed by atoms with Crippen LogP contribution < -0.4 is 0 Å². The maximum Gasteiger partial charge on any atom is 0.123 e. The largest absolute Gasteiger partial charge is 0.298 e. The van der Waals surface area contributed by atoms with Crippen LogP contribution in [0.2, 0.25) is 0 Å². The van der Waals surface area contributed by atoms with Gasteiger partial charge in [-0.15, -0.1) is 0 Å². The molecule has 0 spiro atoms. The minimum Gasteiger partial charge on any atom is -0.298 e. The molecule has 0 radical (unpaired) electrons. The molecule has 1 aliphatic rings. The number of hydrogen-bond acceptors (Lipinski definition) is 3. The lowest BCUT2D eigenvalue weighted by atomic mass is 10.2. The van der Waals surface area contributed by atoms with E-state index in [0.29, 0.717) is 6.54 Å². The Hall–Kier alpha value is -1.33. The quantitative estimate of drug-likeness (QED) is 0.866. The molecule has 0 aliphatic carbocycles. The molecule has 3 rings (SSSR count). The highest BCUT2D eigenvalue weighted by Gasteiger charge is 2.10. The van der Waals surface area contributed by atoms with Crippen LogP contribution in [0.15, 0.2) is 36.7 Å². The third kappa shape index (κ3) is 4.32. The van der Waals surface area contributed by atoms with Crippen molar-refractivity contribution in [2.75, 3.05) is 24.6 Å². The molecule has 1 saturated heterocycles. The first kappa shape index (κ1) is 14.6. The highest BCUT2D eigenvalue weighted by molar-refractivity contribution is 7.99. The summed E-state index contributed by atoms with van der Waals surface area (Å²) < 4.78 is 14.8. The van der Waals surface area contributed by atoms with Crippen molar-refractivity contribution in [2.45, 2.75) is 19.5 Å². The van der Waals surface area contributed by atoms with E-state index in [-0.39, 0.29) is 5.82 Å². The van der Waals surface area contributed by atoms with Gasteiger partial charge in [-0.1, -0.05) is 12.1 Å². The Bertz CT molecular complexity index is 559. The fourth-order valence-corrected chi connectivity index (χ4v) is 3.49. The van der Waals surface area contributed by atoms with Crippen LogP contribution in [0, 0.1) is 5.82 Å². The average Bonchev–Trinajstić information content (AvgIpc) is 2.75.